The Morgan fingerprint density at radius 3 is 2.62 bits per heavy atom. The number of halogens is 1. The van der Waals surface area contributed by atoms with E-state index in [1.807, 2.05) is 36.4 Å². The molecule has 0 spiro atoms. The predicted molar refractivity (Wildman–Crippen MR) is 151 cm³/mol. The molecule has 2 heterocycles. The maximum absolute atomic E-state index is 15.2. The molecule has 2 aromatic carbocycles. The van der Waals surface area contributed by atoms with Crippen molar-refractivity contribution in [2.45, 2.75) is 51.6 Å². The highest BCUT2D eigenvalue weighted by atomic mass is 19.1. The molecule has 2 amide bonds. The number of rotatable bonds is 10. The molecular weight excluding hydrogens is 507 g/mol. The fourth-order valence-electron chi connectivity index (χ4n) is 5.15. The van der Waals surface area contributed by atoms with E-state index in [1.165, 1.54) is 17.7 Å². The third kappa shape index (κ3) is 5.79. The molecule has 1 fully saturated rings. The van der Waals surface area contributed by atoms with Crippen molar-refractivity contribution < 1.29 is 14.0 Å². The Hall–Kier alpha value is -4.37. The van der Waals surface area contributed by atoms with Gasteiger partial charge < -0.3 is 16.4 Å². The molecule has 8 nitrogen and oxygen atoms in total. The van der Waals surface area contributed by atoms with Crippen LogP contribution in [0.15, 0.2) is 73.1 Å². The van der Waals surface area contributed by atoms with Crippen LogP contribution >= 0.6 is 0 Å². The second-order valence-electron chi connectivity index (χ2n) is 10.4. The number of carbonyl (C=O) groups is 2. The lowest BCUT2D eigenvalue weighted by atomic mass is 9.79. The highest BCUT2D eigenvalue weighted by Crippen LogP contribution is 2.41. The molecule has 5 rings (SSSR count). The summed E-state index contributed by atoms with van der Waals surface area (Å²) >= 11 is 0. The van der Waals surface area contributed by atoms with Crippen LogP contribution in [-0.4, -0.2) is 26.6 Å². The Labute approximate surface area is 232 Å². The second-order valence-corrected chi connectivity index (χ2v) is 10.4. The van der Waals surface area contributed by atoms with Crippen LogP contribution in [-0.2, 0) is 16.9 Å². The van der Waals surface area contributed by atoms with Crippen molar-refractivity contribution >= 4 is 17.5 Å². The minimum absolute atomic E-state index is 0.00801. The van der Waals surface area contributed by atoms with E-state index in [2.05, 4.69) is 20.7 Å². The molecule has 1 unspecified atom stereocenters. The molecule has 2 aromatic heterocycles. The van der Waals surface area contributed by atoms with E-state index in [0.29, 0.717) is 35.8 Å². The van der Waals surface area contributed by atoms with Gasteiger partial charge >= 0.3 is 0 Å². The van der Waals surface area contributed by atoms with Gasteiger partial charge in [0.1, 0.15) is 11.5 Å². The second kappa shape index (κ2) is 11.4. The van der Waals surface area contributed by atoms with Crippen molar-refractivity contribution in [3.8, 4) is 5.69 Å². The van der Waals surface area contributed by atoms with Gasteiger partial charge in [-0.3, -0.25) is 14.6 Å². The number of anilines is 1. The first kappa shape index (κ1) is 27.2. The average molecular weight is 541 g/mol. The lowest BCUT2D eigenvalue weighted by Crippen LogP contribution is -2.46. The minimum atomic E-state index is -0.934. The molecule has 4 aromatic rings. The maximum atomic E-state index is 15.2. The zero-order chi connectivity index (χ0) is 28.3. The molecule has 1 atom stereocenters. The Bertz CT molecular complexity index is 1530. The summed E-state index contributed by atoms with van der Waals surface area (Å²) in [7, 11) is 0. The molecule has 0 radical (unpaired) electrons. The van der Waals surface area contributed by atoms with Gasteiger partial charge in [0.25, 0.3) is 5.91 Å². The third-order valence-corrected chi connectivity index (χ3v) is 7.33. The van der Waals surface area contributed by atoms with Crippen LogP contribution in [0.5, 0.6) is 0 Å². The van der Waals surface area contributed by atoms with Crippen LogP contribution in [0.25, 0.3) is 5.69 Å². The summed E-state index contributed by atoms with van der Waals surface area (Å²) < 4.78 is 16.7. The molecule has 1 aliphatic rings. The fraction of sp³-hybridized carbons (Fsp3) is 0.290. The number of nitrogens with zero attached hydrogens (tertiary/aromatic N) is 3. The minimum Gasteiger partial charge on any atom is -0.343 e. The number of pyridine rings is 1. The van der Waals surface area contributed by atoms with E-state index in [0.717, 1.165) is 30.4 Å². The zero-order valence-corrected chi connectivity index (χ0v) is 22.7. The topological polar surface area (TPSA) is 115 Å². The monoisotopic (exact) mass is 540 g/mol. The maximum Gasteiger partial charge on any atom is 0.274 e. The molecule has 206 valence electrons. The van der Waals surface area contributed by atoms with Gasteiger partial charge in [0.2, 0.25) is 5.91 Å². The summed E-state index contributed by atoms with van der Waals surface area (Å²) in [6.45, 7) is 3.61. The van der Waals surface area contributed by atoms with Crippen LogP contribution in [0, 0.1) is 18.7 Å². The first-order chi connectivity index (χ1) is 19.3. The number of amides is 2. The first-order valence-corrected chi connectivity index (χ1v) is 13.5. The van der Waals surface area contributed by atoms with E-state index >= 15 is 4.39 Å². The fourth-order valence-corrected chi connectivity index (χ4v) is 5.15. The smallest absolute Gasteiger partial charge is 0.274 e. The lowest BCUT2D eigenvalue weighted by Gasteiger charge is -2.36. The molecule has 1 saturated carbocycles. The quantitative estimate of drug-likeness (QED) is 0.262. The highest BCUT2D eigenvalue weighted by Gasteiger charge is 2.38. The van der Waals surface area contributed by atoms with Crippen molar-refractivity contribution in [1.82, 2.24) is 20.1 Å². The largest absolute Gasteiger partial charge is 0.343 e. The first-order valence-electron chi connectivity index (χ1n) is 13.5. The SMILES string of the molecule is CC(=O)NC(CCC1CC1)(c1cccnc1)c1ccc(F)c(NC(=O)c2cc(C)nn2-c2cccc(CN)c2)c1. The summed E-state index contributed by atoms with van der Waals surface area (Å²) in [5.41, 5.74) is 8.80. The molecule has 9 heteroatoms. The molecule has 0 bridgehead atoms. The van der Waals surface area contributed by atoms with Gasteiger partial charge in [0.05, 0.1) is 22.6 Å². The van der Waals surface area contributed by atoms with Crippen molar-refractivity contribution in [3.05, 3.63) is 107 Å². The number of carbonyl (C=O) groups excluding carboxylic acids is 2. The number of nitrogens with one attached hydrogen (secondary N) is 2. The Morgan fingerprint density at radius 2 is 1.93 bits per heavy atom. The van der Waals surface area contributed by atoms with Gasteiger partial charge in [0, 0.05) is 31.4 Å². The molecule has 40 heavy (non-hydrogen) atoms. The van der Waals surface area contributed by atoms with Crippen molar-refractivity contribution in [2.75, 3.05) is 5.32 Å². The van der Waals surface area contributed by atoms with E-state index in [-0.39, 0.29) is 17.3 Å². The summed E-state index contributed by atoms with van der Waals surface area (Å²) in [6, 6.07) is 17.4. The lowest BCUT2D eigenvalue weighted by molar-refractivity contribution is -0.120. The standard InChI is InChI=1S/C31H33FN6O2/c1-20-15-29(38(37-20)26-7-3-5-23(16-26)18-33)30(40)35-28-17-24(10-11-27(28)32)31(36-21(2)39,13-12-22-8-9-22)25-6-4-14-34-19-25/h3-7,10-11,14-17,19,22H,8-9,12-13,18,33H2,1-2H3,(H,35,40)(H,36,39). The van der Waals surface area contributed by atoms with Crippen molar-refractivity contribution in [1.29, 1.82) is 0 Å². The zero-order valence-electron chi connectivity index (χ0n) is 22.7. The van der Waals surface area contributed by atoms with E-state index < -0.39 is 17.3 Å². The van der Waals surface area contributed by atoms with Gasteiger partial charge in [-0.1, -0.05) is 37.1 Å². The number of hydrogen-bond acceptors (Lipinski definition) is 5. The van der Waals surface area contributed by atoms with Crippen LogP contribution in [0.3, 0.4) is 0 Å². The predicted octanol–water partition coefficient (Wildman–Crippen LogP) is 5.00. The van der Waals surface area contributed by atoms with Gasteiger partial charge in [-0.15, -0.1) is 0 Å². The summed E-state index contributed by atoms with van der Waals surface area (Å²) in [6.07, 6.45) is 7.24. The number of nitrogens with two attached hydrogens (primary N) is 1. The van der Waals surface area contributed by atoms with Crippen LogP contribution in [0.4, 0.5) is 10.1 Å². The van der Waals surface area contributed by atoms with Crippen LogP contribution in [0.1, 0.15) is 65.5 Å². The molecular formula is C31H33FN6O2. The van der Waals surface area contributed by atoms with E-state index in [9.17, 15) is 9.59 Å². The summed E-state index contributed by atoms with van der Waals surface area (Å²) in [4.78, 5) is 30.3. The van der Waals surface area contributed by atoms with Crippen LogP contribution in [0.2, 0.25) is 0 Å². The average Bonchev–Trinajstić information content (AvgIpc) is 3.71. The Balaban J connectivity index is 1.53. The Morgan fingerprint density at radius 1 is 1.10 bits per heavy atom. The van der Waals surface area contributed by atoms with Crippen molar-refractivity contribution in [2.24, 2.45) is 11.7 Å². The molecule has 0 aliphatic heterocycles. The molecule has 4 N–H and O–H groups in total. The number of hydrogen-bond donors (Lipinski definition) is 3. The van der Waals surface area contributed by atoms with E-state index in [1.54, 1.807) is 37.5 Å². The van der Waals surface area contributed by atoms with Gasteiger partial charge in [-0.25, -0.2) is 9.07 Å². The van der Waals surface area contributed by atoms with Gasteiger partial charge in [-0.2, -0.15) is 5.10 Å². The summed E-state index contributed by atoms with van der Waals surface area (Å²) in [5.74, 6) is -0.714. The van der Waals surface area contributed by atoms with Gasteiger partial charge in [-0.05, 0) is 73.2 Å². The molecule has 1 aliphatic carbocycles. The normalized spacial score (nSPS) is 14.4. The number of benzene rings is 2. The third-order valence-electron chi connectivity index (χ3n) is 7.33. The summed E-state index contributed by atoms with van der Waals surface area (Å²) in [5, 5.41) is 10.4. The van der Waals surface area contributed by atoms with E-state index in [4.69, 9.17) is 5.73 Å². The van der Waals surface area contributed by atoms with Crippen molar-refractivity contribution in [3.63, 3.8) is 0 Å². The van der Waals surface area contributed by atoms with Crippen LogP contribution < -0.4 is 16.4 Å². The van der Waals surface area contributed by atoms with Gasteiger partial charge in [0.15, 0.2) is 0 Å². The molecule has 0 saturated heterocycles. The number of aromatic nitrogens is 3. The Kier molecular flexibility index (Phi) is 7.75. The highest BCUT2D eigenvalue weighted by molar-refractivity contribution is 6.03. The number of aryl methyl sites for hydroxylation is 1.